The summed E-state index contributed by atoms with van der Waals surface area (Å²) in [4.78, 5) is 4.32. The Morgan fingerprint density at radius 2 is 2.17 bits per heavy atom. The first kappa shape index (κ1) is 14.8. The molecule has 0 atom stereocenters. The van der Waals surface area contributed by atoms with Crippen molar-refractivity contribution in [2.45, 2.75) is 32.1 Å². The van der Waals surface area contributed by atoms with Gasteiger partial charge in [0.15, 0.2) is 9.84 Å². The second-order valence-electron chi connectivity index (χ2n) is 5.03. The fourth-order valence-corrected chi connectivity index (χ4v) is 1.72. The smallest absolute Gasteiger partial charge is 0.203 e. The van der Waals surface area contributed by atoms with Gasteiger partial charge in [0, 0.05) is 25.5 Å². The van der Waals surface area contributed by atoms with Gasteiger partial charge in [0.25, 0.3) is 0 Å². The molecule has 0 saturated carbocycles. The van der Waals surface area contributed by atoms with Gasteiger partial charge in [-0.05, 0) is 20.8 Å². The lowest BCUT2D eigenvalue weighted by molar-refractivity contribution is 0.559. The zero-order chi connectivity index (χ0) is 14.0. The van der Waals surface area contributed by atoms with Crippen LogP contribution in [0.15, 0.2) is 18.9 Å². The standard InChI is InChI=1S/C12H21N3O2S/c1-6-7-15-8-10(2)14-11(15)13-9-12(3,4)18(5,16)17/h6,8H,1,7,9H2,2-5H3,(H,13,14). The Labute approximate surface area is 109 Å². The molecular weight excluding hydrogens is 250 g/mol. The Morgan fingerprint density at radius 3 is 2.67 bits per heavy atom. The molecule has 0 bridgehead atoms. The second kappa shape index (κ2) is 5.14. The van der Waals surface area contributed by atoms with Crippen LogP contribution in [0.5, 0.6) is 0 Å². The van der Waals surface area contributed by atoms with Crippen molar-refractivity contribution in [3.05, 3.63) is 24.5 Å². The third-order valence-corrected chi connectivity index (χ3v) is 5.05. The van der Waals surface area contributed by atoms with Crippen LogP contribution in [0.1, 0.15) is 19.5 Å². The van der Waals surface area contributed by atoms with Crippen molar-refractivity contribution < 1.29 is 8.42 Å². The van der Waals surface area contributed by atoms with Gasteiger partial charge in [-0.25, -0.2) is 13.4 Å². The maximum atomic E-state index is 11.6. The van der Waals surface area contributed by atoms with E-state index in [0.717, 1.165) is 5.69 Å². The molecule has 6 heteroatoms. The molecule has 1 rings (SSSR count). The number of sulfone groups is 1. The van der Waals surface area contributed by atoms with E-state index in [1.807, 2.05) is 17.7 Å². The largest absolute Gasteiger partial charge is 0.354 e. The summed E-state index contributed by atoms with van der Waals surface area (Å²) in [6, 6.07) is 0. The molecule has 0 radical (unpaired) electrons. The molecule has 1 aromatic heterocycles. The minimum Gasteiger partial charge on any atom is -0.354 e. The number of hydrogen-bond donors (Lipinski definition) is 1. The lowest BCUT2D eigenvalue weighted by Gasteiger charge is -2.23. The summed E-state index contributed by atoms with van der Waals surface area (Å²) in [5, 5.41) is 3.09. The Hall–Kier alpha value is -1.30. The van der Waals surface area contributed by atoms with Crippen molar-refractivity contribution in [3.63, 3.8) is 0 Å². The van der Waals surface area contributed by atoms with Crippen LogP contribution in [0, 0.1) is 6.92 Å². The van der Waals surface area contributed by atoms with E-state index >= 15 is 0 Å². The molecule has 18 heavy (non-hydrogen) atoms. The maximum absolute atomic E-state index is 11.6. The molecule has 0 aliphatic carbocycles. The number of nitrogens with zero attached hydrogens (tertiary/aromatic N) is 2. The molecule has 102 valence electrons. The number of allylic oxidation sites excluding steroid dienone is 1. The molecular formula is C12H21N3O2S. The van der Waals surface area contributed by atoms with E-state index < -0.39 is 14.6 Å². The van der Waals surface area contributed by atoms with Crippen LogP contribution in [0.4, 0.5) is 5.95 Å². The number of aryl methyl sites for hydroxylation is 1. The Balaban J connectivity index is 2.83. The topological polar surface area (TPSA) is 64.0 Å². The van der Waals surface area contributed by atoms with Crippen molar-refractivity contribution in [2.75, 3.05) is 18.1 Å². The molecule has 0 aliphatic rings. The lowest BCUT2D eigenvalue weighted by atomic mass is 10.2. The average Bonchev–Trinajstić information content (AvgIpc) is 2.55. The van der Waals surface area contributed by atoms with Crippen LogP contribution >= 0.6 is 0 Å². The van der Waals surface area contributed by atoms with Crippen molar-refractivity contribution in [1.82, 2.24) is 9.55 Å². The second-order valence-corrected chi connectivity index (χ2v) is 7.68. The van der Waals surface area contributed by atoms with E-state index in [9.17, 15) is 8.42 Å². The van der Waals surface area contributed by atoms with Gasteiger partial charge in [-0.1, -0.05) is 6.08 Å². The summed E-state index contributed by atoms with van der Waals surface area (Å²) in [7, 11) is -3.11. The predicted molar refractivity (Wildman–Crippen MR) is 74.6 cm³/mol. The summed E-state index contributed by atoms with van der Waals surface area (Å²) in [5.41, 5.74) is 0.886. The van der Waals surface area contributed by atoms with Crippen LogP contribution in [0.25, 0.3) is 0 Å². The van der Waals surface area contributed by atoms with Gasteiger partial charge in [0.1, 0.15) is 0 Å². The quantitative estimate of drug-likeness (QED) is 0.798. The van der Waals surface area contributed by atoms with Crippen LogP contribution < -0.4 is 5.32 Å². The molecule has 0 saturated heterocycles. The van der Waals surface area contributed by atoms with Gasteiger partial charge in [-0.3, -0.25) is 0 Å². The minimum absolute atomic E-state index is 0.319. The molecule has 0 aliphatic heterocycles. The summed E-state index contributed by atoms with van der Waals surface area (Å²) in [6.45, 7) is 9.93. The fraction of sp³-hybridized carbons (Fsp3) is 0.583. The van der Waals surface area contributed by atoms with E-state index in [4.69, 9.17) is 0 Å². The zero-order valence-electron chi connectivity index (χ0n) is 11.4. The van der Waals surface area contributed by atoms with Crippen molar-refractivity contribution in [1.29, 1.82) is 0 Å². The number of aromatic nitrogens is 2. The molecule has 5 nitrogen and oxygen atoms in total. The molecule has 0 fully saturated rings. The summed E-state index contributed by atoms with van der Waals surface area (Å²) >= 11 is 0. The summed E-state index contributed by atoms with van der Waals surface area (Å²) in [5.74, 6) is 0.670. The van der Waals surface area contributed by atoms with Gasteiger partial charge in [-0.2, -0.15) is 0 Å². The zero-order valence-corrected chi connectivity index (χ0v) is 12.2. The Bertz CT molecular complexity index is 530. The van der Waals surface area contributed by atoms with E-state index in [-0.39, 0.29) is 0 Å². The van der Waals surface area contributed by atoms with E-state index in [2.05, 4.69) is 16.9 Å². The van der Waals surface area contributed by atoms with Gasteiger partial charge in [-0.15, -0.1) is 6.58 Å². The monoisotopic (exact) mass is 271 g/mol. The van der Waals surface area contributed by atoms with Crippen molar-refractivity contribution in [3.8, 4) is 0 Å². The summed E-state index contributed by atoms with van der Waals surface area (Å²) < 4.78 is 24.3. The highest BCUT2D eigenvalue weighted by Gasteiger charge is 2.30. The lowest BCUT2D eigenvalue weighted by Crippen LogP contribution is -2.38. The molecule has 1 aromatic rings. The average molecular weight is 271 g/mol. The molecule has 0 aromatic carbocycles. The third-order valence-electron chi connectivity index (χ3n) is 2.90. The highest BCUT2D eigenvalue weighted by atomic mass is 32.2. The fourth-order valence-electron chi connectivity index (χ4n) is 1.39. The first-order valence-corrected chi connectivity index (χ1v) is 7.64. The highest BCUT2D eigenvalue weighted by molar-refractivity contribution is 7.92. The van der Waals surface area contributed by atoms with E-state index in [1.165, 1.54) is 6.26 Å². The van der Waals surface area contributed by atoms with Crippen LogP contribution in [-0.4, -0.2) is 35.5 Å². The van der Waals surface area contributed by atoms with Crippen LogP contribution in [-0.2, 0) is 16.4 Å². The van der Waals surface area contributed by atoms with Gasteiger partial charge in [0.2, 0.25) is 5.95 Å². The summed E-state index contributed by atoms with van der Waals surface area (Å²) in [6.07, 6.45) is 4.92. The van der Waals surface area contributed by atoms with Gasteiger partial charge >= 0.3 is 0 Å². The van der Waals surface area contributed by atoms with Crippen molar-refractivity contribution in [2.24, 2.45) is 0 Å². The number of imidazole rings is 1. The maximum Gasteiger partial charge on any atom is 0.203 e. The normalized spacial score (nSPS) is 12.4. The van der Waals surface area contributed by atoms with E-state index in [0.29, 0.717) is 19.0 Å². The van der Waals surface area contributed by atoms with Crippen molar-refractivity contribution >= 4 is 15.8 Å². The van der Waals surface area contributed by atoms with Crippen LogP contribution in [0.2, 0.25) is 0 Å². The molecule has 0 spiro atoms. The molecule has 0 unspecified atom stereocenters. The first-order valence-electron chi connectivity index (χ1n) is 5.75. The predicted octanol–water partition coefficient (Wildman–Crippen LogP) is 1.61. The third kappa shape index (κ3) is 3.35. The number of hydrogen-bond acceptors (Lipinski definition) is 4. The van der Waals surface area contributed by atoms with Gasteiger partial charge in [0.05, 0.1) is 10.4 Å². The van der Waals surface area contributed by atoms with E-state index in [1.54, 1.807) is 19.9 Å². The molecule has 1 heterocycles. The molecule has 1 N–H and O–H groups in total. The first-order chi connectivity index (χ1) is 8.17. The molecule has 0 amide bonds. The SMILES string of the molecule is C=CCn1cc(C)nc1NCC(C)(C)S(C)(=O)=O. The number of anilines is 1. The Kier molecular flexibility index (Phi) is 4.21. The number of nitrogens with one attached hydrogen (secondary N) is 1. The Morgan fingerprint density at radius 1 is 1.56 bits per heavy atom. The van der Waals surface area contributed by atoms with Gasteiger partial charge < -0.3 is 9.88 Å². The minimum atomic E-state index is -3.11. The van der Waals surface area contributed by atoms with Crippen LogP contribution in [0.3, 0.4) is 0 Å². The highest BCUT2D eigenvalue weighted by Crippen LogP contribution is 2.17. The number of rotatable bonds is 6.